The van der Waals surface area contributed by atoms with Crippen LogP contribution in [0.15, 0.2) is 4.99 Å². The number of carbonyl (C=O) groups excluding carboxylic acids is 3. The zero-order valence-corrected chi connectivity index (χ0v) is 14.3. The Balaban J connectivity index is 4.97. The number of nitrogens with zero attached hydrogens (tertiary/aromatic N) is 1. The number of carbonyl (C=O) groups is 5. The van der Waals surface area contributed by atoms with E-state index in [-0.39, 0.29) is 24.3 Å². The molecule has 0 aromatic heterocycles. The Kier molecular flexibility index (Phi) is 10.5. The summed E-state index contributed by atoms with van der Waals surface area (Å²) in [6, 6.07) is -1.25. The third-order valence-electron chi connectivity index (χ3n) is 2.83. The van der Waals surface area contributed by atoms with Crippen LogP contribution in [-0.2, 0) is 24.0 Å². The van der Waals surface area contributed by atoms with E-state index in [1.54, 1.807) is 0 Å². The van der Waals surface area contributed by atoms with Gasteiger partial charge >= 0.3 is 11.9 Å². The number of nitrogens with two attached hydrogens (primary N) is 1. The molecule has 1 amide bonds. The quantitative estimate of drug-likeness (QED) is 0.333. The number of carboxylic acid groups (broad SMARTS) is 2. The maximum atomic E-state index is 12.0. The second-order valence-corrected chi connectivity index (χ2v) is 6.02. The van der Waals surface area contributed by atoms with Crippen molar-refractivity contribution in [3.8, 4) is 0 Å². The number of carboxylic acids is 2. The predicted octanol–water partition coefficient (Wildman–Crippen LogP) is -0.779. The minimum absolute atomic E-state index is 0.186. The van der Waals surface area contributed by atoms with Crippen molar-refractivity contribution < 1.29 is 39.3 Å². The number of hydrogen-bond acceptors (Lipinski definition) is 8. The number of aliphatic imine (C=N–C) groups is 1. The van der Waals surface area contributed by atoms with E-state index in [0.717, 1.165) is 0 Å². The van der Waals surface area contributed by atoms with Gasteiger partial charge in [-0.15, -0.1) is 0 Å². The largest absolute Gasteiger partial charge is 0.481 e. The maximum Gasteiger partial charge on any atom is 0.320 e. The summed E-state index contributed by atoms with van der Waals surface area (Å²) in [4.78, 5) is 59.8. The lowest BCUT2D eigenvalue weighted by atomic mass is 10.1. The Hall–Kier alpha value is -2.11. The molecule has 0 heterocycles. The number of rotatable bonds is 11. The highest BCUT2D eigenvalue weighted by atomic mass is 32.2. The Bertz CT molecular complexity index is 573. The summed E-state index contributed by atoms with van der Waals surface area (Å²) in [5.74, 6) is -4.32. The fourth-order valence-corrected chi connectivity index (χ4v) is 2.15. The Labute approximate surface area is 147 Å². The zero-order valence-electron chi connectivity index (χ0n) is 13.5. The predicted molar refractivity (Wildman–Crippen MR) is 88.3 cm³/mol. The van der Waals surface area contributed by atoms with Gasteiger partial charge in [0.25, 0.3) is 0 Å². The summed E-state index contributed by atoms with van der Waals surface area (Å²) in [7, 11) is 0. The normalized spacial score (nSPS) is 13.8. The molecule has 0 rings (SSSR count). The van der Waals surface area contributed by atoms with Crippen molar-refractivity contribution in [2.45, 2.75) is 44.8 Å². The number of ketones is 1. The van der Waals surface area contributed by atoms with Gasteiger partial charge < -0.3 is 21.1 Å². The van der Waals surface area contributed by atoms with E-state index < -0.39 is 53.7 Å². The van der Waals surface area contributed by atoms with Crippen molar-refractivity contribution in [3.63, 3.8) is 0 Å². The van der Waals surface area contributed by atoms with Crippen LogP contribution in [0, 0.1) is 0 Å². The van der Waals surface area contributed by atoms with Crippen molar-refractivity contribution in [2.24, 2.45) is 10.7 Å². The number of aliphatic hydroxyl groups excluding tert-OH is 1. The molecule has 5 N–H and O–H groups in total. The monoisotopic (exact) mass is 376 g/mol. The van der Waals surface area contributed by atoms with Crippen molar-refractivity contribution in [3.05, 3.63) is 0 Å². The van der Waals surface area contributed by atoms with Gasteiger partial charge in [-0.05, 0) is 13.3 Å². The van der Waals surface area contributed by atoms with E-state index in [0.29, 0.717) is 11.8 Å². The van der Waals surface area contributed by atoms with Gasteiger partial charge in [-0.3, -0.25) is 24.0 Å². The van der Waals surface area contributed by atoms with Crippen LogP contribution in [-0.4, -0.2) is 67.7 Å². The van der Waals surface area contributed by atoms with E-state index in [9.17, 15) is 24.0 Å². The van der Waals surface area contributed by atoms with E-state index >= 15 is 0 Å². The van der Waals surface area contributed by atoms with Crippen LogP contribution < -0.4 is 5.73 Å². The average Bonchev–Trinajstić information content (AvgIpc) is 2.53. The molecule has 0 aliphatic rings. The molecule has 10 nitrogen and oxygen atoms in total. The van der Waals surface area contributed by atoms with Crippen LogP contribution >= 0.6 is 11.8 Å². The zero-order chi connectivity index (χ0) is 19.6. The molecule has 0 fully saturated rings. The molecule has 0 saturated heterocycles. The van der Waals surface area contributed by atoms with E-state index in [1.165, 1.54) is 6.92 Å². The highest BCUT2D eigenvalue weighted by Gasteiger charge is 2.19. The summed E-state index contributed by atoms with van der Waals surface area (Å²) in [5, 5.41) is 25.7. The fourth-order valence-electron chi connectivity index (χ4n) is 1.41. The van der Waals surface area contributed by atoms with Gasteiger partial charge in [0, 0.05) is 18.6 Å². The summed E-state index contributed by atoms with van der Waals surface area (Å²) in [5.41, 5.74) is 4.95. The minimum Gasteiger partial charge on any atom is -0.481 e. The Morgan fingerprint density at radius 2 is 1.68 bits per heavy atom. The van der Waals surface area contributed by atoms with Crippen LogP contribution in [0.2, 0.25) is 0 Å². The highest BCUT2D eigenvalue weighted by Crippen LogP contribution is 2.09. The molecule has 11 heteroatoms. The first-order valence-corrected chi connectivity index (χ1v) is 8.21. The number of amides is 1. The molecule has 2 atom stereocenters. The molecular weight excluding hydrogens is 356 g/mol. The topological polar surface area (TPSA) is 184 Å². The first-order valence-electron chi connectivity index (χ1n) is 7.23. The Morgan fingerprint density at radius 3 is 2.16 bits per heavy atom. The number of aliphatic carboxylic acids is 2. The first kappa shape index (κ1) is 22.9. The van der Waals surface area contributed by atoms with Gasteiger partial charge in [-0.25, -0.2) is 4.99 Å². The fraction of sp³-hybridized carbons (Fsp3) is 0.571. The molecule has 0 unspecified atom stereocenters. The van der Waals surface area contributed by atoms with Gasteiger partial charge in [0.1, 0.15) is 12.1 Å². The number of aliphatic hydroxyl groups is 1. The lowest BCUT2D eigenvalue weighted by molar-refractivity contribution is -0.139. The van der Waals surface area contributed by atoms with Gasteiger partial charge in [-0.1, -0.05) is 11.8 Å². The SMILES string of the molecule is C[C@H](O)C(=O)SCC(=NC(=O)CC[C@H](N)C(=O)O)C(=O)CCC(=O)O. The standard InChI is InChI=1S/C14H20N2O8S/c1-7(17)14(24)25-6-9(10(18)3-5-12(20)21)16-11(19)4-2-8(15)13(22)23/h7-8,17H,2-6,15H2,1H3,(H,20,21)(H,22,23)/t7-,8-/m0/s1. The van der Waals surface area contributed by atoms with Crippen molar-refractivity contribution in [1.82, 2.24) is 0 Å². The molecule has 0 saturated carbocycles. The molecular formula is C14H20N2O8S. The minimum atomic E-state index is -1.28. The van der Waals surface area contributed by atoms with Crippen LogP contribution in [0.1, 0.15) is 32.6 Å². The summed E-state index contributed by atoms with van der Waals surface area (Å²) >= 11 is 0.567. The average molecular weight is 376 g/mol. The number of hydrogen-bond donors (Lipinski definition) is 4. The van der Waals surface area contributed by atoms with Crippen molar-refractivity contribution in [2.75, 3.05) is 5.75 Å². The van der Waals surface area contributed by atoms with E-state index in [4.69, 9.17) is 21.1 Å². The van der Waals surface area contributed by atoms with E-state index in [1.807, 2.05) is 0 Å². The van der Waals surface area contributed by atoms with Crippen molar-refractivity contribution >= 4 is 46.2 Å². The molecule has 0 radical (unpaired) electrons. The van der Waals surface area contributed by atoms with Gasteiger partial charge in [0.2, 0.25) is 11.0 Å². The third kappa shape index (κ3) is 10.4. The molecule has 140 valence electrons. The van der Waals surface area contributed by atoms with Crippen LogP contribution in [0.5, 0.6) is 0 Å². The van der Waals surface area contributed by atoms with Crippen LogP contribution in [0.3, 0.4) is 0 Å². The van der Waals surface area contributed by atoms with E-state index in [2.05, 4.69) is 4.99 Å². The second-order valence-electron chi connectivity index (χ2n) is 5.04. The number of Topliss-reactive ketones (excluding diaryl/α,β-unsaturated/α-hetero) is 1. The summed E-state index contributed by atoms with van der Waals surface area (Å²) < 4.78 is 0. The molecule has 25 heavy (non-hydrogen) atoms. The maximum absolute atomic E-state index is 12.0. The summed E-state index contributed by atoms with van der Waals surface area (Å²) in [6.07, 6.45) is -2.65. The lowest BCUT2D eigenvalue weighted by Gasteiger charge is -2.07. The van der Waals surface area contributed by atoms with Crippen LogP contribution in [0.4, 0.5) is 0 Å². The Morgan fingerprint density at radius 1 is 1.08 bits per heavy atom. The number of thioether (sulfide) groups is 1. The lowest BCUT2D eigenvalue weighted by Crippen LogP contribution is -2.30. The van der Waals surface area contributed by atoms with Gasteiger partial charge in [0.15, 0.2) is 5.78 Å². The molecule has 0 aliphatic carbocycles. The van der Waals surface area contributed by atoms with Gasteiger partial charge in [0.05, 0.1) is 12.1 Å². The molecule has 0 spiro atoms. The molecule has 0 aromatic carbocycles. The second kappa shape index (κ2) is 11.4. The highest BCUT2D eigenvalue weighted by molar-refractivity contribution is 8.14. The first-order chi connectivity index (χ1) is 11.5. The molecule has 0 bridgehead atoms. The molecule has 0 aromatic rings. The smallest absolute Gasteiger partial charge is 0.320 e. The van der Waals surface area contributed by atoms with Gasteiger partial charge in [-0.2, -0.15) is 0 Å². The molecule has 0 aliphatic heterocycles. The van der Waals surface area contributed by atoms with Crippen molar-refractivity contribution in [1.29, 1.82) is 0 Å². The van der Waals surface area contributed by atoms with Crippen LogP contribution in [0.25, 0.3) is 0 Å². The summed E-state index contributed by atoms with van der Waals surface area (Å²) in [6.45, 7) is 1.23. The third-order valence-corrected chi connectivity index (χ3v) is 3.87.